The summed E-state index contributed by atoms with van der Waals surface area (Å²) in [5, 5.41) is 8.21. The Hall–Kier alpha value is -1.32. The number of esters is 1. The lowest BCUT2D eigenvalue weighted by Gasteiger charge is -1.92. The SMILES string of the molecule is C=COC(C)=O.CCCCCCC(=O)O. The van der Waals surface area contributed by atoms with Gasteiger partial charge in [-0.25, -0.2) is 0 Å². The minimum Gasteiger partial charge on any atom is -0.481 e. The number of carboxylic acid groups (broad SMARTS) is 1. The molecule has 0 rings (SSSR count). The van der Waals surface area contributed by atoms with Gasteiger partial charge in [-0.3, -0.25) is 9.59 Å². The Morgan fingerprint density at radius 3 is 2.20 bits per heavy atom. The van der Waals surface area contributed by atoms with Crippen molar-refractivity contribution in [2.45, 2.75) is 46.0 Å². The highest BCUT2D eigenvalue weighted by Crippen LogP contribution is 2.01. The number of unbranched alkanes of at least 4 members (excludes halogenated alkanes) is 3. The minimum atomic E-state index is -0.675. The van der Waals surface area contributed by atoms with Crippen LogP contribution in [0.2, 0.25) is 0 Å². The Bertz CT molecular complexity index is 187. The molecule has 0 spiro atoms. The van der Waals surface area contributed by atoms with Crippen molar-refractivity contribution >= 4 is 11.9 Å². The first-order valence-electron chi connectivity index (χ1n) is 5.04. The fourth-order valence-corrected chi connectivity index (χ4v) is 0.820. The van der Waals surface area contributed by atoms with Crippen molar-refractivity contribution in [3.8, 4) is 0 Å². The molecule has 0 radical (unpaired) electrons. The van der Waals surface area contributed by atoms with Crippen molar-refractivity contribution < 1.29 is 19.4 Å². The molecule has 0 unspecified atom stereocenters. The second kappa shape index (κ2) is 12.7. The largest absolute Gasteiger partial charge is 0.481 e. The molecule has 0 heterocycles. The zero-order valence-electron chi connectivity index (χ0n) is 9.49. The molecule has 0 aliphatic heterocycles. The Balaban J connectivity index is 0. The van der Waals surface area contributed by atoms with Gasteiger partial charge in [0.15, 0.2) is 0 Å². The maximum Gasteiger partial charge on any atom is 0.307 e. The number of aliphatic carboxylic acids is 1. The lowest BCUT2D eigenvalue weighted by molar-refractivity contribution is -0.137. The Morgan fingerprint density at radius 2 is 1.93 bits per heavy atom. The van der Waals surface area contributed by atoms with Crippen LogP contribution in [0.3, 0.4) is 0 Å². The number of rotatable bonds is 6. The molecule has 1 N–H and O–H groups in total. The van der Waals surface area contributed by atoms with E-state index in [1.165, 1.54) is 13.3 Å². The van der Waals surface area contributed by atoms with Gasteiger partial charge in [0.05, 0.1) is 6.26 Å². The highest BCUT2D eigenvalue weighted by atomic mass is 16.5. The van der Waals surface area contributed by atoms with Crippen LogP contribution in [0.1, 0.15) is 46.0 Å². The summed E-state index contributed by atoms with van der Waals surface area (Å²) >= 11 is 0. The predicted octanol–water partition coefficient (Wildman–Crippen LogP) is 2.73. The fraction of sp³-hybridized carbons (Fsp3) is 0.636. The fourth-order valence-electron chi connectivity index (χ4n) is 0.820. The topological polar surface area (TPSA) is 63.6 Å². The Kier molecular flexibility index (Phi) is 13.6. The van der Waals surface area contributed by atoms with Crippen LogP contribution < -0.4 is 0 Å². The smallest absolute Gasteiger partial charge is 0.307 e. The van der Waals surface area contributed by atoms with Gasteiger partial charge in [-0.1, -0.05) is 32.8 Å². The molecule has 0 aliphatic carbocycles. The van der Waals surface area contributed by atoms with Crippen LogP contribution in [0, 0.1) is 0 Å². The Labute approximate surface area is 90.9 Å². The van der Waals surface area contributed by atoms with Crippen molar-refractivity contribution in [3.63, 3.8) is 0 Å². The number of carbonyl (C=O) groups is 2. The molecule has 0 atom stereocenters. The standard InChI is InChI=1S/C7H14O2.C4H6O2/c1-2-3-4-5-6-7(8)9;1-3-6-4(2)5/h2-6H2,1H3,(H,8,9);3H,1H2,2H3. The summed E-state index contributed by atoms with van der Waals surface area (Å²) in [7, 11) is 0. The summed E-state index contributed by atoms with van der Waals surface area (Å²) in [6.07, 6.45) is 5.65. The van der Waals surface area contributed by atoms with E-state index in [9.17, 15) is 9.59 Å². The second-order valence-corrected chi connectivity index (χ2v) is 2.98. The molecule has 0 aromatic rings. The molecule has 0 aromatic heterocycles. The maximum atomic E-state index is 9.96. The van der Waals surface area contributed by atoms with Gasteiger partial charge in [-0.2, -0.15) is 0 Å². The number of hydrogen-bond donors (Lipinski definition) is 1. The third-order valence-corrected chi connectivity index (χ3v) is 1.49. The van der Waals surface area contributed by atoms with Crippen molar-refractivity contribution in [2.75, 3.05) is 0 Å². The molecular weight excluding hydrogens is 196 g/mol. The lowest BCUT2D eigenvalue weighted by atomic mass is 10.2. The van der Waals surface area contributed by atoms with Gasteiger partial charge in [0.1, 0.15) is 0 Å². The van der Waals surface area contributed by atoms with Gasteiger partial charge in [0.25, 0.3) is 0 Å². The van der Waals surface area contributed by atoms with E-state index in [0.29, 0.717) is 6.42 Å². The van der Waals surface area contributed by atoms with Gasteiger partial charge < -0.3 is 9.84 Å². The molecule has 0 aromatic carbocycles. The Morgan fingerprint density at radius 1 is 1.33 bits per heavy atom. The van der Waals surface area contributed by atoms with Crippen molar-refractivity contribution in [2.24, 2.45) is 0 Å². The molecule has 0 bridgehead atoms. The van der Waals surface area contributed by atoms with Gasteiger partial charge in [0.2, 0.25) is 0 Å². The zero-order chi connectivity index (χ0) is 12.1. The first-order chi connectivity index (χ1) is 7.04. The molecule has 4 nitrogen and oxygen atoms in total. The highest BCUT2D eigenvalue weighted by molar-refractivity contribution is 5.66. The monoisotopic (exact) mass is 216 g/mol. The van der Waals surface area contributed by atoms with E-state index >= 15 is 0 Å². The zero-order valence-corrected chi connectivity index (χ0v) is 9.49. The van der Waals surface area contributed by atoms with Crippen LogP contribution in [0.25, 0.3) is 0 Å². The molecular formula is C11H20O4. The molecule has 0 aliphatic rings. The third kappa shape index (κ3) is 24.5. The van der Waals surface area contributed by atoms with E-state index in [4.69, 9.17) is 5.11 Å². The van der Waals surface area contributed by atoms with Gasteiger partial charge in [0, 0.05) is 13.3 Å². The molecule has 15 heavy (non-hydrogen) atoms. The van der Waals surface area contributed by atoms with E-state index in [-0.39, 0.29) is 5.97 Å². The number of ether oxygens (including phenoxy) is 1. The minimum absolute atomic E-state index is 0.329. The molecule has 0 saturated heterocycles. The predicted molar refractivity (Wildman–Crippen MR) is 58.4 cm³/mol. The van der Waals surface area contributed by atoms with Crippen LogP contribution in [0.15, 0.2) is 12.8 Å². The average Bonchev–Trinajstić information content (AvgIpc) is 2.13. The number of carbonyl (C=O) groups excluding carboxylic acids is 1. The van der Waals surface area contributed by atoms with E-state index in [1.54, 1.807) is 0 Å². The highest BCUT2D eigenvalue weighted by Gasteiger charge is 1.93. The van der Waals surface area contributed by atoms with E-state index in [2.05, 4.69) is 18.2 Å². The van der Waals surface area contributed by atoms with Gasteiger partial charge >= 0.3 is 11.9 Å². The summed E-state index contributed by atoms with van der Waals surface area (Å²) in [4.78, 5) is 19.7. The van der Waals surface area contributed by atoms with E-state index < -0.39 is 5.97 Å². The molecule has 0 amide bonds. The first-order valence-corrected chi connectivity index (χ1v) is 5.04. The average molecular weight is 216 g/mol. The van der Waals surface area contributed by atoms with Crippen molar-refractivity contribution in [3.05, 3.63) is 12.8 Å². The maximum absolute atomic E-state index is 9.96. The normalized spacial score (nSPS) is 8.40. The number of carboxylic acids is 1. The summed E-state index contributed by atoms with van der Waals surface area (Å²) < 4.78 is 4.17. The number of hydrogen-bond acceptors (Lipinski definition) is 3. The summed E-state index contributed by atoms with van der Waals surface area (Å²) in [6, 6.07) is 0. The van der Waals surface area contributed by atoms with Crippen LogP contribution >= 0.6 is 0 Å². The van der Waals surface area contributed by atoms with Crippen molar-refractivity contribution in [1.82, 2.24) is 0 Å². The molecule has 88 valence electrons. The van der Waals surface area contributed by atoms with Crippen LogP contribution in [0.4, 0.5) is 0 Å². The molecule has 0 fully saturated rings. The lowest BCUT2D eigenvalue weighted by Crippen LogP contribution is -1.92. The van der Waals surface area contributed by atoms with Gasteiger partial charge in [-0.05, 0) is 6.42 Å². The van der Waals surface area contributed by atoms with Crippen LogP contribution in [-0.4, -0.2) is 17.0 Å². The van der Waals surface area contributed by atoms with Gasteiger partial charge in [-0.15, -0.1) is 0 Å². The van der Waals surface area contributed by atoms with Crippen LogP contribution in [0.5, 0.6) is 0 Å². The third-order valence-electron chi connectivity index (χ3n) is 1.49. The molecule has 0 saturated carbocycles. The summed E-state index contributed by atoms with van der Waals surface area (Å²) in [5.41, 5.74) is 0. The summed E-state index contributed by atoms with van der Waals surface area (Å²) in [5.74, 6) is -1.00. The molecule has 4 heteroatoms. The quantitative estimate of drug-likeness (QED) is 0.421. The van der Waals surface area contributed by atoms with E-state index in [1.807, 2.05) is 0 Å². The van der Waals surface area contributed by atoms with E-state index in [0.717, 1.165) is 25.5 Å². The van der Waals surface area contributed by atoms with Crippen molar-refractivity contribution in [1.29, 1.82) is 0 Å². The second-order valence-electron chi connectivity index (χ2n) is 2.98. The first kappa shape index (κ1) is 16.1. The van der Waals surface area contributed by atoms with Crippen LogP contribution in [-0.2, 0) is 14.3 Å². The summed E-state index contributed by atoms with van der Waals surface area (Å²) in [6.45, 7) is 6.59.